The minimum absolute atomic E-state index is 0.216. The third kappa shape index (κ3) is 18.5. The molecule has 3 aliphatic heterocycles. The monoisotopic (exact) mass is 1340 g/mol. The minimum atomic E-state index is -0.355. The highest BCUT2D eigenvalue weighted by molar-refractivity contribution is 8.18. The van der Waals surface area contributed by atoms with Crippen LogP contribution in [0.25, 0.3) is 37.4 Å². The molecule has 24 heteroatoms. The molecule has 0 spiro atoms. The number of hydrogen-bond acceptors (Lipinski definition) is 21. The molecule has 0 saturated carbocycles. The van der Waals surface area contributed by atoms with Gasteiger partial charge in [0.05, 0.1) is 61.1 Å². The van der Waals surface area contributed by atoms with E-state index in [0.29, 0.717) is 57.2 Å². The number of nitrogens with zero attached hydrogens (tertiary/aromatic N) is 6. The lowest BCUT2D eigenvalue weighted by molar-refractivity contribution is -0.119. The van der Waals surface area contributed by atoms with Crippen molar-refractivity contribution in [3.8, 4) is 48.6 Å². The van der Waals surface area contributed by atoms with Crippen LogP contribution in [0.15, 0.2) is 175 Å². The van der Waals surface area contributed by atoms with Crippen molar-refractivity contribution < 1.29 is 43.0 Å². The fraction of sp³-hybridized carbons (Fsp3) is 0.221. The molecular formula is C68H65N9O9S6. The van der Waals surface area contributed by atoms with Crippen molar-refractivity contribution in [1.82, 2.24) is 30.9 Å². The summed E-state index contributed by atoms with van der Waals surface area (Å²) in [4.78, 5) is 92.9. The molecule has 0 bridgehead atoms. The van der Waals surface area contributed by atoms with Gasteiger partial charge >= 0.3 is 0 Å². The lowest BCUT2D eigenvalue weighted by Gasteiger charge is -2.16. The number of aromatic nitrogens is 3. The van der Waals surface area contributed by atoms with E-state index in [-0.39, 0.29) is 43.9 Å². The number of benzene rings is 6. The highest BCUT2D eigenvalue weighted by Gasteiger charge is 2.33. The van der Waals surface area contributed by atoms with E-state index in [1.54, 1.807) is 40.1 Å². The molecule has 3 saturated heterocycles. The first-order valence-corrected chi connectivity index (χ1v) is 34.2. The van der Waals surface area contributed by atoms with E-state index in [2.05, 4.69) is 72.0 Å². The van der Waals surface area contributed by atoms with Crippen LogP contribution in [0.1, 0.15) is 28.1 Å². The molecule has 18 nitrogen and oxygen atoms in total. The maximum Gasteiger partial charge on any atom is 0.290 e. The minimum Gasteiger partial charge on any atom is -0.492 e. The second-order valence-corrected chi connectivity index (χ2v) is 27.5. The first-order chi connectivity index (χ1) is 44.6. The summed E-state index contributed by atoms with van der Waals surface area (Å²) < 4.78 is 17.6. The summed E-state index contributed by atoms with van der Waals surface area (Å²) in [5.41, 5.74) is 8.43. The average Bonchev–Trinajstić information content (AvgIpc) is 3.19. The van der Waals surface area contributed by atoms with Gasteiger partial charge in [-0.25, -0.2) is 15.0 Å². The number of thiazole rings is 3. The van der Waals surface area contributed by atoms with Gasteiger partial charge in [0, 0.05) is 27.3 Å². The molecule has 3 N–H and O–H groups in total. The lowest BCUT2D eigenvalue weighted by Crippen LogP contribution is -2.25. The van der Waals surface area contributed by atoms with Crippen molar-refractivity contribution in [2.75, 3.05) is 75.3 Å². The number of likely N-dealkylation sites (N-methyl/N-ethyl adjacent to an activating group) is 3. The molecule has 3 aromatic heterocycles. The molecular weight excluding hydrogens is 1280 g/mol. The second kappa shape index (κ2) is 32.0. The maximum absolute atomic E-state index is 11.7. The Morgan fingerprint density at radius 2 is 0.870 bits per heavy atom. The number of nitrogens with one attached hydrogen (secondary N) is 3. The Morgan fingerprint density at radius 1 is 0.467 bits per heavy atom. The van der Waals surface area contributed by atoms with Crippen LogP contribution in [0.5, 0.6) is 17.2 Å². The number of amides is 6. The zero-order valence-electron chi connectivity index (χ0n) is 50.9. The molecule has 3 fully saturated rings. The number of thioether (sulfide) groups is 3. The molecule has 92 heavy (non-hydrogen) atoms. The number of imide groups is 3. The number of hydrogen-bond donors (Lipinski definition) is 3. The van der Waals surface area contributed by atoms with E-state index in [4.69, 9.17) is 24.2 Å². The van der Waals surface area contributed by atoms with Gasteiger partial charge in [-0.3, -0.25) is 44.7 Å². The van der Waals surface area contributed by atoms with Gasteiger partial charge in [0.1, 0.15) is 37.1 Å². The Labute approximate surface area is 558 Å². The number of aryl methyl sites for hydroxylation is 2. The van der Waals surface area contributed by atoms with Gasteiger partial charge in [-0.2, -0.15) is 0 Å². The summed E-state index contributed by atoms with van der Waals surface area (Å²) in [7, 11) is 6.04. The van der Waals surface area contributed by atoms with E-state index in [9.17, 15) is 28.8 Å². The second-order valence-electron chi connectivity index (χ2n) is 21.1. The third-order valence-corrected chi connectivity index (χ3v) is 20.9. The summed E-state index contributed by atoms with van der Waals surface area (Å²) >= 11 is 8.02. The standard InChI is InChI=1S/C23H23N3O3S2.C23H21N3O3S2.C22H21N3O3S2/c2*1-15-20(17-6-4-3-5-7-17)31-22(24-15)26(2)12-13-29-18-10-8-16(9-11-18)14-19-21(27)25-23(28)30-19;1-25(21-23-14-19(29-21)16-5-3-2-4-6-16)11-12-28-17-9-7-15(8-10-17)13-18-20(26)24-22(27)30-18/h3-11,19H,12-14H2,1-2H3,(H,25,27,28);3-11,14H,12-13H2,1-2H3,(H,25,27,28);2-10,14,18H,11-13H2,1H3,(H,24,26,27)/b;19-14+;. The summed E-state index contributed by atoms with van der Waals surface area (Å²) in [6, 6.07) is 53.6. The molecule has 6 amide bonds. The Hall–Kier alpha value is -8.78. The van der Waals surface area contributed by atoms with E-state index in [0.717, 1.165) is 101 Å². The van der Waals surface area contributed by atoms with Gasteiger partial charge in [-0.05, 0) is 114 Å². The molecule has 0 radical (unpaired) electrons. The fourth-order valence-corrected chi connectivity index (χ4v) is 14.8. The average molecular weight is 1340 g/mol. The van der Waals surface area contributed by atoms with Crippen molar-refractivity contribution in [1.29, 1.82) is 0 Å². The van der Waals surface area contributed by atoms with Crippen molar-refractivity contribution >= 4 is 124 Å². The molecule has 472 valence electrons. The first kappa shape index (κ1) is 66.2. The van der Waals surface area contributed by atoms with Crippen molar-refractivity contribution in [3.63, 3.8) is 0 Å². The Kier molecular flexibility index (Phi) is 23.0. The van der Waals surface area contributed by atoms with Crippen molar-refractivity contribution in [3.05, 3.63) is 203 Å². The highest BCUT2D eigenvalue weighted by Crippen LogP contribution is 2.37. The van der Waals surface area contributed by atoms with Gasteiger partial charge in [0.2, 0.25) is 11.8 Å². The molecule has 2 atom stereocenters. The summed E-state index contributed by atoms with van der Waals surface area (Å²) in [6.07, 6.45) is 4.65. The van der Waals surface area contributed by atoms with Crippen molar-refractivity contribution in [2.45, 2.75) is 37.2 Å². The molecule has 9 aromatic rings. The zero-order chi connectivity index (χ0) is 64.5. The van der Waals surface area contributed by atoms with E-state index in [1.165, 1.54) is 26.4 Å². The van der Waals surface area contributed by atoms with E-state index >= 15 is 0 Å². The number of carbonyl (C=O) groups is 6. The first-order valence-electron chi connectivity index (χ1n) is 29.2. The molecule has 6 aromatic carbocycles. The van der Waals surface area contributed by atoms with Crippen LogP contribution in [-0.2, 0) is 27.2 Å². The van der Waals surface area contributed by atoms with Crippen LogP contribution in [0.3, 0.4) is 0 Å². The summed E-state index contributed by atoms with van der Waals surface area (Å²) in [6.45, 7) is 7.78. The highest BCUT2D eigenvalue weighted by atomic mass is 32.2. The lowest BCUT2D eigenvalue weighted by atomic mass is 10.1. The maximum atomic E-state index is 11.7. The molecule has 2 unspecified atom stereocenters. The molecule has 6 heterocycles. The van der Waals surface area contributed by atoms with E-state index < -0.39 is 0 Å². The summed E-state index contributed by atoms with van der Waals surface area (Å²) in [5.74, 6) is 1.51. The Morgan fingerprint density at radius 3 is 1.26 bits per heavy atom. The third-order valence-electron chi connectivity index (χ3n) is 14.3. The topological polar surface area (TPSA) is 215 Å². The number of carbonyl (C=O) groups excluding carboxylic acids is 6. The van der Waals surface area contributed by atoms with Crippen molar-refractivity contribution in [2.24, 2.45) is 0 Å². The summed E-state index contributed by atoms with van der Waals surface area (Å²) in [5, 5.41) is 8.17. The van der Waals surface area contributed by atoms with Crippen LogP contribution in [0.4, 0.5) is 29.8 Å². The van der Waals surface area contributed by atoms with Gasteiger partial charge in [-0.1, -0.05) is 185 Å². The van der Waals surface area contributed by atoms with Crippen LogP contribution < -0.4 is 44.9 Å². The quantitative estimate of drug-likeness (QED) is 0.0508. The molecule has 3 aliphatic rings. The SMILES string of the molecule is CN(CCOc1ccc(CC2SC(=O)NC2=O)cc1)c1ncc(-c2ccccc2)s1.Cc1nc(N(C)CCOc2ccc(/C=C3/SC(=O)NC3=O)cc2)sc1-c1ccccc1.Cc1nc(N(C)CCOc2ccc(CC3SC(=O)NC3=O)cc2)sc1-c1ccccc1. The fourth-order valence-electron chi connectivity index (χ4n) is 9.33. The van der Waals surface area contributed by atoms with Gasteiger partial charge < -0.3 is 28.9 Å². The Bertz CT molecular complexity index is 4040. The van der Waals surface area contributed by atoms with E-state index in [1.807, 2.05) is 169 Å². The van der Waals surface area contributed by atoms with Crippen LogP contribution >= 0.6 is 69.3 Å². The normalized spacial score (nSPS) is 15.4. The predicted molar refractivity (Wildman–Crippen MR) is 374 cm³/mol. The van der Waals surface area contributed by atoms with Gasteiger partial charge in [-0.15, -0.1) is 0 Å². The number of anilines is 3. The van der Waals surface area contributed by atoms with Crippen LogP contribution in [0, 0.1) is 13.8 Å². The van der Waals surface area contributed by atoms with Crippen LogP contribution in [-0.4, -0.2) is 119 Å². The zero-order valence-corrected chi connectivity index (χ0v) is 55.8. The largest absolute Gasteiger partial charge is 0.492 e. The predicted octanol–water partition coefficient (Wildman–Crippen LogP) is 13.7. The van der Waals surface area contributed by atoms with Crippen LogP contribution in [0.2, 0.25) is 0 Å². The molecule has 12 rings (SSSR count). The van der Waals surface area contributed by atoms with Gasteiger partial charge in [0.25, 0.3) is 21.6 Å². The smallest absolute Gasteiger partial charge is 0.290 e. The molecule has 0 aliphatic carbocycles. The Balaban J connectivity index is 0.000000151. The number of rotatable bonds is 23. The number of ether oxygens (including phenoxy) is 3. The van der Waals surface area contributed by atoms with Gasteiger partial charge in [0.15, 0.2) is 15.4 Å².